The van der Waals surface area contributed by atoms with Crippen molar-refractivity contribution < 1.29 is 24.2 Å². The van der Waals surface area contributed by atoms with E-state index >= 15 is 0 Å². The maximum atomic E-state index is 9.41. The summed E-state index contributed by atoms with van der Waals surface area (Å²) in [5.74, 6) is 7.78. The fraction of sp³-hybridized carbons (Fsp3) is 0.421. The highest BCUT2D eigenvalue weighted by Gasteiger charge is 2.54. The predicted molar refractivity (Wildman–Crippen MR) is 249 cm³/mol. The SMILES string of the molecule is C.COc1ccc(-c2ccc3cc(CO)ccc3c2)cc1C12CC3CC(CC(C3)C1)C2.COc1ccc(-c2ccc3ccccc3c2)cc1C12CC3CC(CC(C3)C1)C2.O=C=O. The molecule has 8 saturated carbocycles. The lowest BCUT2D eigenvalue weighted by Crippen LogP contribution is -2.48. The summed E-state index contributed by atoms with van der Waals surface area (Å²) in [7, 11) is 3.67. The normalized spacial score (nSPS) is 28.2. The number of rotatable bonds is 7. The van der Waals surface area contributed by atoms with Gasteiger partial charge in [-0.15, -0.1) is 0 Å². The number of ether oxygens (including phenoxy) is 2. The largest absolute Gasteiger partial charge is 0.496 e. The van der Waals surface area contributed by atoms with Crippen LogP contribution in [0.25, 0.3) is 43.8 Å². The molecule has 0 atom stereocenters. The first-order valence-electron chi connectivity index (χ1n) is 22.8. The minimum atomic E-state index is 0. The van der Waals surface area contributed by atoms with Crippen LogP contribution in [-0.2, 0) is 27.0 Å². The number of fused-ring (bicyclic) bond motifs is 2. The van der Waals surface area contributed by atoms with Crippen LogP contribution >= 0.6 is 0 Å². The van der Waals surface area contributed by atoms with Crippen LogP contribution in [0.15, 0.2) is 115 Å². The standard InChI is InChI=1S/C28H30O2.C27H28O.CO2.CH4/c1-30-27-7-6-25(24-5-4-22-11-18(17-29)2-3-23(22)12-24)13-26(27)28-14-19-8-20(15-28)10-21(9-19)16-28;1-28-26-9-8-24(23-7-6-21-4-2-3-5-22(21)13-23)14-25(26)27-15-18-10-19(16-27)12-20(11-18)17-27;2-1-3;/h2-7,11-13,19-21,29H,8-10,14-17H2,1H3;2-9,13-14,18-20H,10-12,15-17H2,1H3;;1H4. The molecule has 8 fully saturated rings. The van der Waals surface area contributed by atoms with Crippen LogP contribution in [0.5, 0.6) is 11.5 Å². The molecule has 320 valence electrons. The number of hydrogen-bond donors (Lipinski definition) is 1. The van der Waals surface area contributed by atoms with Crippen LogP contribution in [0.2, 0.25) is 0 Å². The van der Waals surface area contributed by atoms with Crippen molar-refractivity contribution in [2.75, 3.05) is 14.2 Å². The fourth-order valence-corrected chi connectivity index (χ4v) is 14.4. The Morgan fingerprint density at radius 3 is 1.24 bits per heavy atom. The Kier molecular flexibility index (Phi) is 11.6. The highest BCUT2D eigenvalue weighted by atomic mass is 16.5. The molecule has 8 bridgehead atoms. The van der Waals surface area contributed by atoms with Gasteiger partial charge in [0.1, 0.15) is 11.5 Å². The molecule has 0 spiro atoms. The molecule has 0 aliphatic heterocycles. The van der Waals surface area contributed by atoms with Crippen LogP contribution in [0.4, 0.5) is 0 Å². The lowest BCUT2D eigenvalue weighted by molar-refractivity contribution is -0.191. The molecule has 8 aliphatic rings. The molecular weight excluding hydrogens is 765 g/mol. The summed E-state index contributed by atoms with van der Waals surface area (Å²) in [6.07, 6.45) is 17.2. The van der Waals surface area contributed by atoms with Crippen LogP contribution in [-0.4, -0.2) is 25.5 Å². The van der Waals surface area contributed by atoms with E-state index in [0.717, 1.165) is 52.6 Å². The van der Waals surface area contributed by atoms with E-state index in [-0.39, 0.29) is 20.2 Å². The van der Waals surface area contributed by atoms with Gasteiger partial charge in [0.2, 0.25) is 0 Å². The zero-order chi connectivity index (χ0) is 41.7. The first-order valence-corrected chi connectivity index (χ1v) is 22.8. The molecule has 0 radical (unpaired) electrons. The smallest absolute Gasteiger partial charge is 0.373 e. The van der Waals surface area contributed by atoms with E-state index in [9.17, 15) is 5.11 Å². The van der Waals surface area contributed by atoms with Crippen molar-refractivity contribution in [1.82, 2.24) is 0 Å². The summed E-state index contributed by atoms with van der Waals surface area (Å²) >= 11 is 0. The number of aliphatic hydroxyl groups is 1. The van der Waals surface area contributed by atoms with Gasteiger partial charge < -0.3 is 14.6 Å². The molecule has 0 amide bonds. The lowest BCUT2D eigenvalue weighted by atomic mass is 9.48. The van der Waals surface area contributed by atoms with Gasteiger partial charge in [-0.25, -0.2) is 0 Å². The van der Waals surface area contributed by atoms with E-state index in [2.05, 4.69) is 109 Å². The quantitative estimate of drug-likeness (QED) is 0.174. The minimum absolute atomic E-state index is 0. The van der Waals surface area contributed by atoms with E-state index in [1.807, 2.05) is 20.3 Å². The minimum Gasteiger partial charge on any atom is -0.496 e. The van der Waals surface area contributed by atoms with E-state index < -0.39 is 0 Å². The second-order valence-electron chi connectivity index (χ2n) is 19.9. The van der Waals surface area contributed by atoms with Gasteiger partial charge >= 0.3 is 6.15 Å². The predicted octanol–water partition coefficient (Wildman–Crippen LogP) is 13.5. The number of hydrogen-bond acceptors (Lipinski definition) is 5. The van der Waals surface area contributed by atoms with Gasteiger partial charge in [0.25, 0.3) is 0 Å². The van der Waals surface area contributed by atoms with Crippen LogP contribution in [0.1, 0.15) is 101 Å². The first-order chi connectivity index (χ1) is 29.8. The van der Waals surface area contributed by atoms with Gasteiger partial charge in [-0.05, 0) is 215 Å². The highest BCUT2D eigenvalue weighted by Crippen LogP contribution is 2.63. The molecule has 0 heterocycles. The summed E-state index contributed by atoms with van der Waals surface area (Å²) in [6.45, 7) is 0.0879. The molecule has 0 unspecified atom stereocenters. The third-order valence-corrected chi connectivity index (χ3v) is 16.1. The van der Waals surface area contributed by atoms with Gasteiger partial charge in [0.15, 0.2) is 0 Å². The summed E-state index contributed by atoms with van der Waals surface area (Å²) in [5, 5.41) is 14.4. The van der Waals surface area contributed by atoms with Crippen molar-refractivity contribution >= 4 is 27.7 Å². The Labute approximate surface area is 367 Å². The second kappa shape index (κ2) is 17.2. The number of methoxy groups -OCH3 is 2. The Balaban J connectivity index is 0.000000147. The van der Waals surface area contributed by atoms with Crippen molar-refractivity contribution in [2.45, 2.75) is 102 Å². The molecule has 0 aromatic heterocycles. The van der Waals surface area contributed by atoms with Crippen molar-refractivity contribution in [1.29, 1.82) is 0 Å². The first kappa shape index (κ1) is 42.1. The van der Waals surface area contributed by atoms with Gasteiger partial charge in [0.05, 0.1) is 20.8 Å². The maximum absolute atomic E-state index is 9.41. The Morgan fingerprint density at radius 2 is 0.823 bits per heavy atom. The topological polar surface area (TPSA) is 72.8 Å². The Morgan fingerprint density at radius 1 is 0.484 bits per heavy atom. The molecule has 8 aliphatic carbocycles. The summed E-state index contributed by atoms with van der Waals surface area (Å²) in [6, 6.07) is 42.2. The van der Waals surface area contributed by atoms with Crippen molar-refractivity contribution in [2.24, 2.45) is 35.5 Å². The highest BCUT2D eigenvalue weighted by molar-refractivity contribution is 5.89. The molecule has 1 N–H and O–H groups in total. The molecule has 5 heteroatoms. The third kappa shape index (κ3) is 7.77. The van der Waals surface area contributed by atoms with Crippen molar-refractivity contribution in [3.63, 3.8) is 0 Å². The number of aliphatic hydroxyl groups excluding tert-OH is 1. The lowest BCUT2D eigenvalue weighted by Gasteiger charge is -2.57. The molecule has 14 rings (SSSR count). The van der Waals surface area contributed by atoms with E-state index in [4.69, 9.17) is 19.1 Å². The maximum Gasteiger partial charge on any atom is 0.373 e. The van der Waals surface area contributed by atoms with Crippen LogP contribution in [0, 0.1) is 35.5 Å². The third-order valence-electron chi connectivity index (χ3n) is 16.1. The zero-order valence-corrected chi connectivity index (χ0v) is 35.7. The molecule has 6 aromatic carbocycles. The molecule has 5 nitrogen and oxygen atoms in total. The zero-order valence-electron chi connectivity index (χ0n) is 35.7. The summed E-state index contributed by atoms with van der Waals surface area (Å²) in [5.41, 5.74) is 9.77. The number of benzene rings is 6. The monoisotopic (exact) mass is 826 g/mol. The van der Waals surface area contributed by atoms with Gasteiger partial charge in [0, 0.05) is 11.1 Å². The fourth-order valence-electron chi connectivity index (χ4n) is 14.4. The molecule has 0 saturated heterocycles. The van der Waals surface area contributed by atoms with Gasteiger partial charge in [-0.1, -0.05) is 80.2 Å². The second-order valence-corrected chi connectivity index (χ2v) is 19.9. The van der Waals surface area contributed by atoms with Crippen molar-refractivity contribution in [3.8, 4) is 33.8 Å². The summed E-state index contributed by atoms with van der Waals surface area (Å²) in [4.78, 5) is 16.2. The van der Waals surface area contributed by atoms with Gasteiger partial charge in [-0.3, -0.25) is 0 Å². The van der Waals surface area contributed by atoms with E-state index in [1.165, 1.54) is 132 Å². The number of carbonyl (C=O) groups excluding carboxylic acids is 2. The Bertz CT molecular complexity index is 2540. The molecule has 6 aromatic rings. The molecular formula is C57H62O5. The Hall–Kier alpha value is -5.22. The van der Waals surface area contributed by atoms with Crippen molar-refractivity contribution in [3.05, 3.63) is 132 Å². The average molecular weight is 827 g/mol. The average Bonchev–Trinajstić information content (AvgIpc) is 3.27. The van der Waals surface area contributed by atoms with Crippen LogP contribution in [0.3, 0.4) is 0 Å². The summed E-state index contributed by atoms with van der Waals surface area (Å²) < 4.78 is 11.8. The van der Waals surface area contributed by atoms with Gasteiger partial charge in [-0.2, -0.15) is 9.59 Å². The van der Waals surface area contributed by atoms with E-state index in [0.29, 0.717) is 10.8 Å². The van der Waals surface area contributed by atoms with Crippen LogP contribution < -0.4 is 9.47 Å². The molecule has 62 heavy (non-hydrogen) atoms. The van der Waals surface area contributed by atoms with E-state index in [1.54, 1.807) is 0 Å².